The van der Waals surface area contributed by atoms with Gasteiger partial charge in [-0.1, -0.05) is 23.2 Å². The predicted molar refractivity (Wildman–Crippen MR) is 66.7 cm³/mol. The van der Waals surface area contributed by atoms with Crippen molar-refractivity contribution < 1.29 is 0 Å². The van der Waals surface area contributed by atoms with Gasteiger partial charge in [-0.15, -0.1) is 0 Å². The Hall–Kier alpha value is -0.250. The van der Waals surface area contributed by atoms with Gasteiger partial charge >= 0.3 is 0 Å². The SMILES string of the molecule is ClC1=C(Cl)N=CN(C23CCCN2CCC3)C1. The molecule has 88 valence electrons. The number of hydrogen-bond acceptors (Lipinski definition) is 3. The second kappa shape index (κ2) is 3.90. The van der Waals surface area contributed by atoms with Crippen LogP contribution in [0.4, 0.5) is 0 Å². The third-order valence-electron chi connectivity index (χ3n) is 3.98. The standard InChI is InChI=1S/C11H15Cl2N3/c12-9-7-16(8-14-10(9)13)11-3-1-5-15(11)6-2-4-11/h8H,1-7H2. The molecule has 5 heteroatoms. The monoisotopic (exact) mass is 259 g/mol. The van der Waals surface area contributed by atoms with E-state index in [0.717, 1.165) is 0 Å². The zero-order valence-electron chi connectivity index (χ0n) is 9.12. The van der Waals surface area contributed by atoms with Crippen molar-refractivity contribution >= 4 is 29.5 Å². The topological polar surface area (TPSA) is 18.8 Å². The third-order valence-corrected chi connectivity index (χ3v) is 4.70. The van der Waals surface area contributed by atoms with Crippen molar-refractivity contribution in [3.63, 3.8) is 0 Å². The summed E-state index contributed by atoms with van der Waals surface area (Å²) in [4.78, 5) is 9.03. The smallest absolute Gasteiger partial charge is 0.147 e. The van der Waals surface area contributed by atoms with E-state index in [2.05, 4.69) is 14.8 Å². The van der Waals surface area contributed by atoms with Crippen molar-refractivity contribution in [2.75, 3.05) is 19.6 Å². The molecule has 0 unspecified atom stereocenters. The van der Waals surface area contributed by atoms with Gasteiger partial charge in [0.15, 0.2) is 0 Å². The highest BCUT2D eigenvalue weighted by Gasteiger charge is 2.48. The van der Waals surface area contributed by atoms with Crippen LogP contribution >= 0.6 is 23.2 Å². The molecule has 0 aromatic rings. The summed E-state index contributed by atoms with van der Waals surface area (Å²) >= 11 is 12.0. The lowest BCUT2D eigenvalue weighted by atomic mass is 10.0. The lowest BCUT2D eigenvalue weighted by Gasteiger charge is -2.43. The second-order valence-corrected chi connectivity index (χ2v) is 5.56. The van der Waals surface area contributed by atoms with Gasteiger partial charge in [0.05, 0.1) is 23.6 Å². The summed E-state index contributed by atoms with van der Waals surface area (Å²) in [6.45, 7) is 3.12. The Bertz CT molecular complexity index is 354. The molecule has 0 aliphatic carbocycles. The van der Waals surface area contributed by atoms with Crippen LogP contribution in [0.5, 0.6) is 0 Å². The maximum atomic E-state index is 6.10. The van der Waals surface area contributed by atoms with E-state index in [1.807, 2.05) is 6.34 Å². The Balaban J connectivity index is 1.86. The molecular weight excluding hydrogens is 245 g/mol. The van der Waals surface area contributed by atoms with E-state index < -0.39 is 0 Å². The lowest BCUT2D eigenvalue weighted by molar-refractivity contribution is 0.0633. The first-order valence-electron chi connectivity index (χ1n) is 5.82. The van der Waals surface area contributed by atoms with Crippen LogP contribution in [0.15, 0.2) is 15.2 Å². The fraction of sp³-hybridized carbons (Fsp3) is 0.727. The third kappa shape index (κ3) is 1.49. The van der Waals surface area contributed by atoms with Gasteiger partial charge in [-0.25, -0.2) is 4.99 Å². The van der Waals surface area contributed by atoms with Gasteiger partial charge in [0, 0.05) is 13.1 Å². The van der Waals surface area contributed by atoms with E-state index in [4.69, 9.17) is 23.2 Å². The van der Waals surface area contributed by atoms with Crippen LogP contribution in [-0.2, 0) is 0 Å². The van der Waals surface area contributed by atoms with E-state index in [1.165, 1.54) is 38.8 Å². The summed E-state index contributed by atoms with van der Waals surface area (Å²) in [5.74, 6) is 0. The molecule has 3 nitrogen and oxygen atoms in total. The molecule has 0 aromatic carbocycles. The highest BCUT2D eigenvalue weighted by molar-refractivity contribution is 6.39. The van der Waals surface area contributed by atoms with Crippen LogP contribution in [-0.4, -0.2) is 41.4 Å². The van der Waals surface area contributed by atoms with Gasteiger partial charge < -0.3 is 4.90 Å². The van der Waals surface area contributed by atoms with Gasteiger partial charge in [-0.3, -0.25) is 4.90 Å². The van der Waals surface area contributed by atoms with Crippen LogP contribution in [0.1, 0.15) is 25.7 Å². The predicted octanol–water partition coefficient (Wildman–Crippen LogP) is 2.56. The molecule has 0 spiro atoms. The number of hydrogen-bond donors (Lipinski definition) is 0. The quantitative estimate of drug-likeness (QED) is 0.675. The van der Waals surface area contributed by atoms with Crippen LogP contribution in [0.2, 0.25) is 0 Å². The largest absolute Gasteiger partial charge is 0.339 e. The van der Waals surface area contributed by atoms with Gasteiger partial charge in [-0.05, 0) is 25.7 Å². The summed E-state index contributed by atoms with van der Waals surface area (Å²) in [7, 11) is 0. The number of rotatable bonds is 1. The van der Waals surface area contributed by atoms with E-state index in [9.17, 15) is 0 Å². The molecule has 0 saturated carbocycles. The van der Waals surface area contributed by atoms with Crippen molar-refractivity contribution in [2.45, 2.75) is 31.3 Å². The lowest BCUT2D eigenvalue weighted by Crippen LogP contribution is -2.54. The minimum atomic E-state index is 0.182. The van der Waals surface area contributed by atoms with Crippen LogP contribution in [0.25, 0.3) is 0 Å². The average Bonchev–Trinajstić information content (AvgIpc) is 2.81. The number of nitrogens with zero attached hydrogens (tertiary/aromatic N) is 3. The number of aliphatic imine (C=N–C) groups is 1. The first-order chi connectivity index (χ1) is 7.72. The molecule has 0 atom stereocenters. The molecule has 0 amide bonds. The molecular formula is C11H15Cl2N3. The van der Waals surface area contributed by atoms with Crippen LogP contribution in [0, 0.1) is 0 Å². The Labute approximate surface area is 106 Å². The van der Waals surface area contributed by atoms with Crippen molar-refractivity contribution in [3.05, 3.63) is 10.2 Å². The molecule has 3 rings (SSSR count). The van der Waals surface area contributed by atoms with Gasteiger partial charge in [-0.2, -0.15) is 0 Å². The molecule has 2 saturated heterocycles. The van der Waals surface area contributed by atoms with E-state index in [0.29, 0.717) is 16.7 Å². The Morgan fingerprint density at radius 1 is 1.19 bits per heavy atom. The number of fused-ring (bicyclic) bond motifs is 1. The second-order valence-electron chi connectivity index (χ2n) is 4.74. The Kier molecular flexibility index (Phi) is 2.65. The normalized spacial score (nSPS) is 29.0. The Morgan fingerprint density at radius 2 is 1.88 bits per heavy atom. The van der Waals surface area contributed by atoms with Crippen molar-refractivity contribution in [1.82, 2.24) is 9.80 Å². The molecule has 3 aliphatic heterocycles. The first-order valence-corrected chi connectivity index (χ1v) is 6.58. The van der Waals surface area contributed by atoms with Crippen molar-refractivity contribution in [1.29, 1.82) is 0 Å². The van der Waals surface area contributed by atoms with E-state index >= 15 is 0 Å². The van der Waals surface area contributed by atoms with Crippen molar-refractivity contribution in [2.24, 2.45) is 4.99 Å². The molecule has 16 heavy (non-hydrogen) atoms. The maximum Gasteiger partial charge on any atom is 0.147 e. The summed E-state index contributed by atoms with van der Waals surface area (Å²) in [6.07, 6.45) is 6.87. The van der Waals surface area contributed by atoms with E-state index in [1.54, 1.807) is 0 Å². The van der Waals surface area contributed by atoms with Crippen LogP contribution in [0.3, 0.4) is 0 Å². The molecule has 0 bridgehead atoms. The zero-order valence-corrected chi connectivity index (χ0v) is 10.6. The summed E-state index contributed by atoms with van der Waals surface area (Å²) in [5, 5.41) is 1.11. The fourth-order valence-electron chi connectivity index (χ4n) is 3.24. The van der Waals surface area contributed by atoms with Crippen molar-refractivity contribution in [3.8, 4) is 0 Å². The highest BCUT2D eigenvalue weighted by Crippen LogP contribution is 2.42. The average molecular weight is 260 g/mol. The first kappa shape index (κ1) is 10.9. The summed E-state index contributed by atoms with van der Waals surface area (Å²) in [5.41, 5.74) is 0.182. The minimum absolute atomic E-state index is 0.182. The van der Waals surface area contributed by atoms with E-state index in [-0.39, 0.29) is 5.66 Å². The molecule has 0 N–H and O–H groups in total. The molecule has 2 fully saturated rings. The zero-order chi connectivity index (χ0) is 11.2. The highest BCUT2D eigenvalue weighted by atomic mass is 35.5. The molecule has 3 heterocycles. The number of halogens is 2. The van der Waals surface area contributed by atoms with Gasteiger partial charge in [0.2, 0.25) is 0 Å². The maximum absolute atomic E-state index is 6.10. The Morgan fingerprint density at radius 3 is 2.50 bits per heavy atom. The van der Waals surface area contributed by atoms with Gasteiger partial charge in [0.1, 0.15) is 5.16 Å². The molecule has 3 aliphatic rings. The minimum Gasteiger partial charge on any atom is -0.339 e. The summed E-state index contributed by atoms with van der Waals surface area (Å²) < 4.78 is 0. The van der Waals surface area contributed by atoms with Gasteiger partial charge in [0.25, 0.3) is 0 Å². The molecule has 0 radical (unpaired) electrons. The molecule has 0 aromatic heterocycles. The van der Waals surface area contributed by atoms with Crippen LogP contribution < -0.4 is 0 Å². The fourth-order valence-corrected chi connectivity index (χ4v) is 3.53. The summed E-state index contributed by atoms with van der Waals surface area (Å²) in [6, 6.07) is 0.